The van der Waals surface area contributed by atoms with Gasteiger partial charge >= 0.3 is 0 Å². The molecule has 1 aromatic heterocycles. The molecule has 0 unspecified atom stereocenters. The van der Waals surface area contributed by atoms with E-state index in [2.05, 4.69) is 38.1 Å². The molecule has 0 radical (unpaired) electrons. The Morgan fingerprint density at radius 2 is 2.25 bits per heavy atom. The summed E-state index contributed by atoms with van der Waals surface area (Å²) in [7, 11) is 0. The molecule has 0 amide bonds. The van der Waals surface area contributed by atoms with Crippen molar-refractivity contribution in [1.29, 1.82) is 0 Å². The second-order valence-corrected chi connectivity index (χ2v) is 4.16. The van der Waals surface area contributed by atoms with Crippen LogP contribution >= 0.6 is 0 Å². The summed E-state index contributed by atoms with van der Waals surface area (Å²) < 4.78 is 0. The molecule has 1 saturated heterocycles. The van der Waals surface area contributed by atoms with Crippen molar-refractivity contribution in [3.8, 4) is 11.4 Å². The van der Waals surface area contributed by atoms with Gasteiger partial charge in [0.2, 0.25) is 5.82 Å². The lowest BCUT2D eigenvalue weighted by molar-refractivity contribution is 0.346. The lowest BCUT2D eigenvalue weighted by atomic mass is 9.93. The van der Waals surface area contributed by atoms with Crippen molar-refractivity contribution in [3.05, 3.63) is 29.8 Å². The fraction of sp³-hybridized carbons (Fsp3) is 0.364. The highest BCUT2D eigenvalue weighted by molar-refractivity contribution is 5.54. The van der Waals surface area contributed by atoms with Crippen LogP contribution in [0.1, 0.15) is 5.56 Å². The fourth-order valence-corrected chi connectivity index (χ4v) is 1.95. The van der Waals surface area contributed by atoms with Crippen molar-refractivity contribution < 1.29 is 0 Å². The number of tetrazole rings is 1. The molecule has 5 nitrogen and oxygen atoms in total. The van der Waals surface area contributed by atoms with Crippen LogP contribution in [-0.2, 0) is 6.42 Å². The standard InChI is InChI=1S/C11H13N5/c1-2-8(4-9-6-12-7-9)5-10(3-1)11-13-15-16-14-11/h1-3,5,9,12H,4,6-7H2,(H,13,14,15,16). The minimum atomic E-state index is 0.661. The Kier molecular flexibility index (Phi) is 2.38. The summed E-state index contributed by atoms with van der Waals surface area (Å²) in [4.78, 5) is 0. The number of hydrogen-bond donors (Lipinski definition) is 2. The molecule has 1 aliphatic heterocycles. The number of H-pyrrole nitrogens is 1. The third-order valence-corrected chi connectivity index (χ3v) is 2.92. The molecule has 82 valence electrons. The molecule has 16 heavy (non-hydrogen) atoms. The highest BCUT2D eigenvalue weighted by Gasteiger charge is 2.17. The molecule has 2 N–H and O–H groups in total. The summed E-state index contributed by atoms with van der Waals surface area (Å²) in [5, 5.41) is 17.3. The Morgan fingerprint density at radius 3 is 2.94 bits per heavy atom. The first-order chi connectivity index (χ1) is 7.92. The number of benzene rings is 1. The van der Waals surface area contributed by atoms with Gasteiger partial charge in [-0.05, 0) is 42.3 Å². The lowest BCUT2D eigenvalue weighted by Gasteiger charge is -2.27. The lowest BCUT2D eigenvalue weighted by Crippen LogP contribution is -2.43. The topological polar surface area (TPSA) is 66.5 Å². The summed E-state index contributed by atoms with van der Waals surface area (Å²) in [6.45, 7) is 2.26. The van der Waals surface area contributed by atoms with E-state index in [9.17, 15) is 0 Å². The van der Waals surface area contributed by atoms with Gasteiger partial charge in [-0.15, -0.1) is 10.2 Å². The average molecular weight is 215 g/mol. The van der Waals surface area contributed by atoms with Gasteiger partial charge in [0.1, 0.15) is 0 Å². The van der Waals surface area contributed by atoms with Gasteiger partial charge in [0.15, 0.2) is 0 Å². The summed E-state index contributed by atoms with van der Waals surface area (Å²) >= 11 is 0. The zero-order valence-corrected chi connectivity index (χ0v) is 8.85. The largest absolute Gasteiger partial charge is 0.316 e. The molecule has 2 aromatic rings. The van der Waals surface area contributed by atoms with Gasteiger partial charge in [0.05, 0.1) is 0 Å². The molecule has 0 bridgehead atoms. The van der Waals surface area contributed by atoms with Gasteiger partial charge < -0.3 is 5.32 Å². The molecule has 0 aliphatic carbocycles. The number of rotatable bonds is 3. The van der Waals surface area contributed by atoms with E-state index in [-0.39, 0.29) is 0 Å². The van der Waals surface area contributed by atoms with Crippen LogP contribution < -0.4 is 5.32 Å². The van der Waals surface area contributed by atoms with E-state index < -0.39 is 0 Å². The van der Waals surface area contributed by atoms with E-state index in [1.54, 1.807) is 0 Å². The third-order valence-electron chi connectivity index (χ3n) is 2.92. The molecule has 0 spiro atoms. The SMILES string of the molecule is c1cc(CC2CNC2)cc(-c2nn[nH]n2)c1. The van der Waals surface area contributed by atoms with Crippen LogP contribution in [0.3, 0.4) is 0 Å². The number of aromatic nitrogens is 4. The molecule has 0 saturated carbocycles. The first-order valence-corrected chi connectivity index (χ1v) is 5.45. The van der Waals surface area contributed by atoms with E-state index in [4.69, 9.17) is 0 Å². The van der Waals surface area contributed by atoms with Gasteiger partial charge in [0.25, 0.3) is 0 Å². The Balaban J connectivity index is 1.82. The molecular formula is C11H13N5. The molecule has 1 fully saturated rings. The summed E-state index contributed by atoms with van der Waals surface area (Å²) in [5.74, 6) is 1.44. The summed E-state index contributed by atoms with van der Waals surface area (Å²) in [5.41, 5.74) is 2.37. The second-order valence-electron chi connectivity index (χ2n) is 4.16. The van der Waals surface area contributed by atoms with Gasteiger partial charge in [-0.3, -0.25) is 0 Å². The zero-order chi connectivity index (χ0) is 10.8. The highest BCUT2D eigenvalue weighted by atomic mass is 15.5. The van der Waals surface area contributed by atoms with Gasteiger partial charge in [-0.1, -0.05) is 18.2 Å². The minimum absolute atomic E-state index is 0.661. The van der Waals surface area contributed by atoms with E-state index in [0.29, 0.717) is 5.82 Å². The van der Waals surface area contributed by atoms with Crippen LogP contribution in [-0.4, -0.2) is 33.7 Å². The van der Waals surface area contributed by atoms with E-state index in [0.717, 1.165) is 31.0 Å². The summed E-state index contributed by atoms with van der Waals surface area (Å²) in [6, 6.07) is 8.35. The van der Waals surface area contributed by atoms with Gasteiger partial charge in [0, 0.05) is 5.56 Å². The van der Waals surface area contributed by atoms with Crippen molar-refractivity contribution in [2.45, 2.75) is 6.42 Å². The minimum Gasteiger partial charge on any atom is -0.316 e. The number of hydrogen-bond acceptors (Lipinski definition) is 4. The van der Waals surface area contributed by atoms with E-state index in [1.165, 1.54) is 5.56 Å². The predicted octanol–water partition coefficient (Wildman–Crippen LogP) is 0.629. The Hall–Kier alpha value is -1.75. The molecule has 5 heteroatoms. The molecule has 2 heterocycles. The van der Waals surface area contributed by atoms with E-state index >= 15 is 0 Å². The predicted molar refractivity (Wildman–Crippen MR) is 59.7 cm³/mol. The fourth-order valence-electron chi connectivity index (χ4n) is 1.95. The van der Waals surface area contributed by atoms with Gasteiger partial charge in [-0.25, -0.2) is 0 Å². The Morgan fingerprint density at radius 1 is 1.31 bits per heavy atom. The summed E-state index contributed by atoms with van der Waals surface area (Å²) in [6.07, 6.45) is 1.12. The van der Waals surface area contributed by atoms with Gasteiger partial charge in [-0.2, -0.15) is 5.21 Å². The Labute approximate surface area is 93.3 Å². The normalized spacial score (nSPS) is 16.0. The Bertz CT molecular complexity index is 461. The van der Waals surface area contributed by atoms with Crippen LogP contribution in [0.5, 0.6) is 0 Å². The van der Waals surface area contributed by atoms with Crippen LogP contribution in [0, 0.1) is 5.92 Å². The van der Waals surface area contributed by atoms with Crippen LogP contribution in [0.4, 0.5) is 0 Å². The maximum Gasteiger partial charge on any atom is 0.204 e. The second kappa shape index (κ2) is 4.02. The molecule has 0 atom stereocenters. The smallest absolute Gasteiger partial charge is 0.204 e. The number of nitrogens with one attached hydrogen (secondary N) is 2. The molecule has 1 aliphatic rings. The van der Waals surface area contributed by atoms with Crippen molar-refractivity contribution in [3.63, 3.8) is 0 Å². The van der Waals surface area contributed by atoms with Crippen molar-refractivity contribution in [2.75, 3.05) is 13.1 Å². The molecule has 1 aromatic carbocycles. The van der Waals surface area contributed by atoms with Crippen LogP contribution in [0.2, 0.25) is 0 Å². The van der Waals surface area contributed by atoms with Crippen molar-refractivity contribution >= 4 is 0 Å². The highest BCUT2D eigenvalue weighted by Crippen LogP contribution is 2.18. The van der Waals surface area contributed by atoms with Crippen molar-refractivity contribution in [2.24, 2.45) is 5.92 Å². The third kappa shape index (κ3) is 1.81. The zero-order valence-electron chi connectivity index (χ0n) is 8.85. The maximum absolute atomic E-state index is 3.98. The molecule has 3 rings (SSSR count). The van der Waals surface area contributed by atoms with Crippen LogP contribution in [0.15, 0.2) is 24.3 Å². The molecular weight excluding hydrogens is 202 g/mol. The van der Waals surface area contributed by atoms with E-state index in [1.807, 2.05) is 12.1 Å². The van der Waals surface area contributed by atoms with Crippen molar-refractivity contribution in [1.82, 2.24) is 25.9 Å². The maximum atomic E-state index is 3.98. The first-order valence-electron chi connectivity index (χ1n) is 5.45. The quantitative estimate of drug-likeness (QED) is 0.788. The number of aromatic amines is 1. The average Bonchev–Trinajstić information content (AvgIpc) is 2.77. The number of nitrogens with zero attached hydrogens (tertiary/aromatic N) is 3. The monoisotopic (exact) mass is 215 g/mol. The van der Waals surface area contributed by atoms with Crippen LogP contribution in [0.25, 0.3) is 11.4 Å². The first kappa shape index (κ1) is 9.47.